The van der Waals surface area contributed by atoms with E-state index in [0.29, 0.717) is 19.6 Å². The molecule has 0 aromatic heterocycles. The van der Waals surface area contributed by atoms with Gasteiger partial charge in [-0.1, -0.05) is 26.0 Å². The van der Waals surface area contributed by atoms with Crippen LogP contribution in [0.2, 0.25) is 0 Å². The number of carbonyl (C=O) groups excluding carboxylic acids is 1. The largest absolute Gasteiger partial charge is 0.433 e. The lowest BCUT2D eigenvalue weighted by Crippen LogP contribution is -2.15. The van der Waals surface area contributed by atoms with Gasteiger partial charge in [0.1, 0.15) is 0 Å². The van der Waals surface area contributed by atoms with Crippen molar-refractivity contribution in [3.05, 3.63) is 25.3 Å². The fourth-order valence-electron chi connectivity index (χ4n) is 0.719. The highest BCUT2D eigenvalue weighted by molar-refractivity contribution is 5.81. The summed E-state index contributed by atoms with van der Waals surface area (Å²) < 4.78 is 9.20. The highest BCUT2D eigenvalue weighted by Crippen LogP contribution is 1.97. The number of carbonyl (C=O) groups is 1. The molecule has 0 aliphatic rings. The molecule has 0 aromatic rings. The predicted molar refractivity (Wildman–Crippen MR) is 65.3 cm³/mol. The lowest BCUT2D eigenvalue weighted by Gasteiger charge is -2.07. The molecular formula is C12H22O5. The molecule has 5 heteroatoms. The van der Waals surface area contributed by atoms with Crippen LogP contribution in [0.5, 0.6) is 0 Å². The van der Waals surface area contributed by atoms with Crippen molar-refractivity contribution in [3.8, 4) is 0 Å². The summed E-state index contributed by atoms with van der Waals surface area (Å²) in [5, 5.41) is 17.0. The monoisotopic (exact) mass is 246 g/mol. The average Bonchev–Trinajstić information content (AvgIpc) is 2.30. The molecular weight excluding hydrogens is 224 g/mol. The molecule has 1 atom stereocenters. The number of esters is 1. The first-order valence-electron chi connectivity index (χ1n) is 5.42. The molecule has 0 fully saturated rings. The van der Waals surface area contributed by atoms with Crippen LogP contribution in [0, 0.1) is 0 Å². The van der Waals surface area contributed by atoms with Gasteiger partial charge in [-0.2, -0.15) is 0 Å². The van der Waals surface area contributed by atoms with E-state index in [4.69, 9.17) is 14.9 Å². The van der Waals surface area contributed by atoms with Crippen LogP contribution in [0.3, 0.4) is 0 Å². The number of aliphatic hydroxyl groups is 2. The third kappa shape index (κ3) is 17.4. The Bertz CT molecular complexity index is 203. The maximum atomic E-state index is 10.4. The van der Waals surface area contributed by atoms with Crippen molar-refractivity contribution in [2.45, 2.75) is 26.1 Å². The molecule has 1 unspecified atom stereocenters. The third-order valence-corrected chi connectivity index (χ3v) is 1.43. The Morgan fingerprint density at radius 1 is 1.47 bits per heavy atom. The molecule has 5 nitrogen and oxygen atoms in total. The summed E-state index contributed by atoms with van der Waals surface area (Å²) >= 11 is 0. The predicted octanol–water partition coefficient (Wildman–Crippen LogP) is 1.02. The second-order valence-electron chi connectivity index (χ2n) is 2.97. The zero-order chi connectivity index (χ0) is 13.5. The van der Waals surface area contributed by atoms with Gasteiger partial charge in [-0.15, -0.1) is 6.58 Å². The first-order valence-corrected chi connectivity index (χ1v) is 5.42. The summed E-state index contributed by atoms with van der Waals surface area (Å²) in [5.74, 6) is -0.582. The summed E-state index contributed by atoms with van der Waals surface area (Å²) in [6.07, 6.45) is 2.95. The second-order valence-corrected chi connectivity index (χ2v) is 2.97. The number of hydrogen-bond acceptors (Lipinski definition) is 5. The Balaban J connectivity index is 0. The van der Waals surface area contributed by atoms with Crippen LogP contribution in [0.15, 0.2) is 25.3 Å². The molecule has 0 rings (SSSR count). The zero-order valence-corrected chi connectivity index (χ0v) is 10.3. The molecule has 100 valence electrons. The second kappa shape index (κ2) is 14.8. The van der Waals surface area contributed by atoms with Crippen molar-refractivity contribution in [1.82, 2.24) is 0 Å². The van der Waals surface area contributed by atoms with Gasteiger partial charge in [0.15, 0.2) is 0 Å². The van der Waals surface area contributed by atoms with Crippen LogP contribution in [-0.4, -0.2) is 42.3 Å². The van der Waals surface area contributed by atoms with Crippen molar-refractivity contribution in [2.75, 3.05) is 19.8 Å². The first-order chi connectivity index (χ1) is 8.12. The van der Waals surface area contributed by atoms with Gasteiger partial charge in [0.2, 0.25) is 6.29 Å². The quantitative estimate of drug-likeness (QED) is 0.220. The van der Waals surface area contributed by atoms with E-state index in [1.807, 2.05) is 6.92 Å². The summed E-state index contributed by atoms with van der Waals surface area (Å²) in [6, 6.07) is 0. The van der Waals surface area contributed by atoms with Crippen molar-refractivity contribution >= 4 is 5.97 Å². The molecule has 0 amide bonds. The van der Waals surface area contributed by atoms with Gasteiger partial charge < -0.3 is 19.7 Å². The van der Waals surface area contributed by atoms with E-state index < -0.39 is 12.3 Å². The van der Waals surface area contributed by atoms with Crippen LogP contribution < -0.4 is 0 Å². The Kier molecular flexibility index (Phi) is 15.9. The van der Waals surface area contributed by atoms with Crippen LogP contribution in [0.1, 0.15) is 19.8 Å². The van der Waals surface area contributed by atoms with Crippen molar-refractivity contribution in [1.29, 1.82) is 0 Å². The highest BCUT2D eigenvalue weighted by atomic mass is 16.6. The third-order valence-electron chi connectivity index (χ3n) is 1.43. The standard InChI is InChI=1S/C7H12O3.C5H10O2/c1-3-5-7(9)10-6(8)4-2;1-2-4-7-5-3-6/h4,7,9H,2-3,5H2,1H3;2,6H,1,3-5H2. The molecule has 0 heterocycles. The topological polar surface area (TPSA) is 76.0 Å². The average molecular weight is 246 g/mol. The minimum Gasteiger partial charge on any atom is -0.433 e. The number of rotatable bonds is 8. The van der Waals surface area contributed by atoms with Gasteiger partial charge in [0.05, 0.1) is 19.8 Å². The maximum absolute atomic E-state index is 10.4. The lowest BCUT2D eigenvalue weighted by molar-refractivity contribution is -0.162. The molecule has 2 N–H and O–H groups in total. The molecule has 0 saturated carbocycles. The lowest BCUT2D eigenvalue weighted by atomic mass is 10.3. The summed E-state index contributed by atoms with van der Waals surface area (Å²) in [6.45, 7) is 9.54. The zero-order valence-electron chi connectivity index (χ0n) is 10.3. The smallest absolute Gasteiger partial charge is 0.332 e. The Labute approximate surface area is 102 Å². The van der Waals surface area contributed by atoms with Crippen LogP contribution in [0.25, 0.3) is 0 Å². The molecule has 0 aromatic carbocycles. The first kappa shape index (κ1) is 18.2. The SMILES string of the molecule is C=CC(=O)OC(O)CCC.C=CCOCCO. The number of hydrogen-bond donors (Lipinski definition) is 2. The molecule has 0 saturated heterocycles. The van der Waals surface area contributed by atoms with Gasteiger partial charge in [0.25, 0.3) is 0 Å². The molecule has 17 heavy (non-hydrogen) atoms. The van der Waals surface area contributed by atoms with E-state index in [0.717, 1.165) is 12.5 Å². The van der Waals surface area contributed by atoms with Gasteiger partial charge in [0, 0.05) is 12.5 Å². The van der Waals surface area contributed by atoms with Gasteiger partial charge in [-0.25, -0.2) is 4.79 Å². The van der Waals surface area contributed by atoms with Crippen LogP contribution >= 0.6 is 0 Å². The summed E-state index contributed by atoms with van der Waals surface area (Å²) in [4.78, 5) is 10.4. The minimum absolute atomic E-state index is 0.0911. The molecule has 0 aliphatic carbocycles. The van der Waals surface area contributed by atoms with E-state index in [1.54, 1.807) is 6.08 Å². The maximum Gasteiger partial charge on any atom is 0.332 e. The Morgan fingerprint density at radius 2 is 2.12 bits per heavy atom. The fourth-order valence-corrected chi connectivity index (χ4v) is 0.719. The van der Waals surface area contributed by atoms with Crippen molar-refractivity contribution in [3.63, 3.8) is 0 Å². The molecule has 0 aliphatic heterocycles. The fraction of sp³-hybridized carbons (Fsp3) is 0.583. The minimum atomic E-state index is -0.976. The van der Waals surface area contributed by atoms with Crippen LogP contribution in [-0.2, 0) is 14.3 Å². The summed E-state index contributed by atoms with van der Waals surface area (Å²) in [7, 11) is 0. The van der Waals surface area contributed by atoms with E-state index >= 15 is 0 Å². The van der Waals surface area contributed by atoms with Crippen molar-refractivity contribution < 1.29 is 24.5 Å². The van der Waals surface area contributed by atoms with Gasteiger partial charge >= 0.3 is 5.97 Å². The number of ether oxygens (including phenoxy) is 2. The highest BCUT2D eigenvalue weighted by Gasteiger charge is 2.05. The summed E-state index contributed by atoms with van der Waals surface area (Å²) in [5.41, 5.74) is 0. The van der Waals surface area contributed by atoms with E-state index in [1.165, 1.54) is 0 Å². The van der Waals surface area contributed by atoms with Gasteiger partial charge in [-0.05, 0) is 0 Å². The van der Waals surface area contributed by atoms with Crippen molar-refractivity contribution in [2.24, 2.45) is 0 Å². The molecule has 0 bridgehead atoms. The normalized spacial score (nSPS) is 10.8. The Hall–Kier alpha value is -1.17. The Morgan fingerprint density at radius 3 is 2.53 bits per heavy atom. The molecule has 0 spiro atoms. The van der Waals surface area contributed by atoms with E-state index in [2.05, 4.69) is 17.9 Å². The number of aliphatic hydroxyl groups excluding tert-OH is 2. The van der Waals surface area contributed by atoms with E-state index in [9.17, 15) is 4.79 Å². The van der Waals surface area contributed by atoms with Crippen LogP contribution in [0.4, 0.5) is 0 Å². The molecule has 0 radical (unpaired) electrons. The van der Waals surface area contributed by atoms with E-state index in [-0.39, 0.29) is 6.61 Å². The van der Waals surface area contributed by atoms with Gasteiger partial charge in [-0.3, -0.25) is 0 Å².